The molecular formula is C16H15F2N3O. The molecule has 2 aromatic rings. The number of carbonyl (C=O) groups excluding carboxylic acids is 1. The highest BCUT2D eigenvalue weighted by Gasteiger charge is 2.27. The van der Waals surface area contributed by atoms with Crippen molar-refractivity contribution in [3.8, 4) is 0 Å². The van der Waals surface area contributed by atoms with Crippen LogP contribution in [0.1, 0.15) is 28.4 Å². The Morgan fingerprint density at radius 1 is 1.05 bits per heavy atom. The SMILES string of the molecule is O=C(NC1CC(c2ccccc2)NN1)c1cccc(F)c1F. The lowest BCUT2D eigenvalue weighted by Crippen LogP contribution is -2.44. The molecule has 0 spiro atoms. The molecule has 0 bridgehead atoms. The molecule has 1 fully saturated rings. The Kier molecular flexibility index (Phi) is 4.13. The van der Waals surface area contributed by atoms with Gasteiger partial charge in [-0.3, -0.25) is 4.79 Å². The maximum Gasteiger partial charge on any atom is 0.255 e. The summed E-state index contributed by atoms with van der Waals surface area (Å²) in [5, 5.41) is 2.64. The fourth-order valence-corrected chi connectivity index (χ4v) is 2.47. The molecule has 3 N–H and O–H groups in total. The fourth-order valence-electron chi connectivity index (χ4n) is 2.47. The van der Waals surface area contributed by atoms with Gasteiger partial charge in [0, 0.05) is 12.5 Å². The molecule has 114 valence electrons. The van der Waals surface area contributed by atoms with E-state index in [0.29, 0.717) is 6.42 Å². The lowest BCUT2D eigenvalue weighted by molar-refractivity contribution is 0.0927. The Hall–Kier alpha value is -2.31. The van der Waals surface area contributed by atoms with Gasteiger partial charge in [0.25, 0.3) is 5.91 Å². The number of nitrogens with one attached hydrogen (secondary N) is 3. The average Bonchev–Trinajstić information content (AvgIpc) is 2.99. The number of halogens is 2. The van der Waals surface area contributed by atoms with E-state index in [-0.39, 0.29) is 17.8 Å². The first-order chi connectivity index (χ1) is 10.6. The van der Waals surface area contributed by atoms with E-state index in [4.69, 9.17) is 0 Å². The second-order valence-electron chi connectivity index (χ2n) is 5.12. The highest BCUT2D eigenvalue weighted by Crippen LogP contribution is 2.21. The van der Waals surface area contributed by atoms with Gasteiger partial charge in [0.1, 0.15) is 0 Å². The molecule has 0 radical (unpaired) electrons. The molecular weight excluding hydrogens is 288 g/mol. The quantitative estimate of drug-likeness (QED) is 0.815. The van der Waals surface area contributed by atoms with Gasteiger partial charge in [0.15, 0.2) is 11.6 Å². The molecule has 4 nitrogen and oxygen atoms in total. The minimum absolute atomic E-state index is 0.0452. The van der Waals surface area contributed by atoms with Crippen molar-refractivity contribution in [2.45, 2.75) is 18.6 Å². The van der Waals surface area contributed by atoms with Gasteiger partial charge >= 0.3 is 0 Å². The number of hydrazine groups is 1. The molecule has 0 aliphatic carbocycles. The first kappa shape index (κ1) is 14.6. The first-order valence-corrected chi connectivity index (χ1v) is 6.96. The van der Waals surface area contributed by atoms with Gasteiger partial charge < -0.3 is 5.32 Å². The van der Waals surface area contributed by atoms with Gasteiger partial charge in [0.05, 0.1) is 11.7 Å². The topological polar surface area (TPSA) is 53.2 Å². The summed E-state index contributed by atoms with van der Waals surface area (Å²) in [5.41, 5.74) is 6.80. The second kappa shape index (κ2) is 6.21. The molecule has 3 rings (SSSR count). The lowest BCUT2D eigenvalue weighted by Gasteiger charge is -2.12. The van der Waals surface area contributed by atoms with Crippen LogP contribution in [0.25, 0.3) is 0 Å². The monoisotopic (exact) mass is 303 g/mol. The van der Waals surface area contributed by atoms with Crippen molar-refractivity contribution < 1.29 is 13.6 Å². The minimum atomic E-state index is -1.13. The van der Waals surface area contributed by atoms with Crippen molar-refractivity contribution in [1.82, 2.24) is 16.2 Å². The number of carbonyl (C=O) groups is 1. The smallest absolute Gasteiger partial charge is 0.255 e. The average molecular weight is 303 g/mol. The molecule has 22 heavy (non-hydrogen) atoms. The van der Waals surface area contributed by atoms with Gasteiger partial charge in [-0.25, -0.2) is 19.6 Å². The van der Waals surface area contributed by atoms with E-state index in [1.807, 2.05) is 30.3 Å². The van der Waals surface area contributed by atoms with Gasteiger partial charge in [-0.2, -0.15) is 0 Å². The molecule has 2 atom stereocenters. The van der Waals surface area contributed by atoms with Crippen molar-refractivity contribution in [1.29, 1.82) is 0 Å². The molecule has 2 unspecified atom stereocenters. The lowest BCUT2D eigenvalue weighted by atomic mass is 10.0. The van der Waals surface area contributed by atoms with Crippen LogP contribution in [-0.2, 0) is 0 Å². The van der Waals surface area contributed by atoms with E-state index in [2.05, 4.69) is 16.2 Å². The third-order valence-electron chi connectivity index (χ3n) is 3.61. The number of hydrogen-bond acceptors (Lipinski definition) is 3. The predicted molar refractivity (Wildman–Crippen MR) is 77.7 cm³/mol. The molecule has 1 aliphatic heterocycles. The van der Waals surface area contributed by atoms with E-state index in [1.165, 1.54) is 12.1 Å². The largest absolute Gasteiger partial charge is 0.335 e. The molecule has 0 saturated carbocycles. The van der Waals surface area contributed by atoms with Crippen molar-refractivity contribution >= 4 is 5.91 Å². The Bertz CT molecular complexity index is 678. The van der Waals surface area contributed by atoms with Crippen molar-refractivity contribution in [2.75, 3.05) is 0 Å². The summed E-state index contributed by atoms with van der Waals surface area (Å²) in [7, 11) is 0. The van der Waals surface area contributed by atoms with E-state index in [0.717, 1.165) is 11.6 Å². The van der Waals surface area contributed by atoms with Crippen molar-refractivity contribution in [2.24, 2.45) is 0 Å². The highest BCUT2D eigenvalue weighted by atomic mass is 19.2. The van der Waals surface area contributed by atoms with Crippen molar-refractivity contribution in [3.63, 3.8) is 0 Å². The summed E-state index contributed by atoms with van der Waals surface area (Å²) in [6, 6.07) is 13.3. The Morgan fingerprint density at radius 3 is 2.59 bits per heavy atom. The maximum atomic E-state index is 13.6. The summed E-state index contributed by atoms with van der Waals surface area (Å²) in [5.74, 6) is -2.82. The Balaban J connectivity index is 1.65. The summed E-state index contributed by atoms with van der Waals surface area (Å²) in [6.45, 7) is 0. The number of hydrogen-bond donors (Lipinski definition) is 3. The normalized spacial score (nSPS) is 20.8. The Labute approximate surface area is 126 Å². The zero-order chi connectivity index (χ0) is 15.5. The highest BCUT2D eigenvalue weighted by molar-refractivity contribution is 5.94. The number of amides is 1. The van der Waals surface area contributed by atoms with Crippen LogP contribution < -0.4 is 16.2 Å². The van der Waals surface area contributed by atoms with Crippen LogP contribution in [0.15, 0.2) is 48.5 Å². The number of rotatable bonds is 3. The summed E-state index contributed by atoms with van der Waals surface area (Å²) < 4.78 is 26.7. The molecule has 1 aliphatic rings. The van der Waals surface area contributed by atoms with Crippen molar-refractivity contribution in [3.05, 3.63) is 71.3 Å². The molecule has 1 saturated heterocycles. The van der Waals surface area contributed by atoms with Gasteiger partial charge in [-0.05, 0) is 17.7 Å². The summed E-state index contributed by atoms with van der Waals surface area (Å²) in [6.07, 6.45) is 0.243. The van der Waals surface area contributed by atoms with Crippen LogP contribution >= 0.6 is 0 Å². The van der Waals surface area contributed by atoms with E-state index in [9.17, 15) is 13.6 Å². The van der Waals surface area contributed by atoms with Crippen LogP contribution in [-0.4, -0.2) is 12.1 Å². The summed E-state index contributed by atoms with van der Waals surface area (Å²) >= 11 is 0. The van der Waals surface area contributed by atoms with Crippen LogP contribution in [0.5, 0.6) is 0 Å². The predicted octanol–water partition coefficient (Wildman–Crippen LogP) is 2.26. The molecule has 1 amide bonds. The third kappa shape index (κ3) is 2.98. The van der Waals surface area contributed by atoms with E-state index >= 15 is 0 Å². The standard InChI is InChI=1S/C16H15F2N3O/c17-12-8-4-7-11(15(12)18)16(22)19-14-9-13(20-21-14)10-5-2-1-3-6-10/h1-8,13-14,20-21H,9H2,(H,19,22). The maximum absolute atomic E-state index is 13.6. The second-order valence-corrected chi connectivity index (χ2v) is 5.12. The zero-order valence-corrected chi connectivity index (χ0v) is 11.6. The van der Waals surface area contributed by atoms with Crippen LogP contribution in [0.2, 0.25) is 0 Å². The Morgan fingerprint density at radius 2 is 1.82 bits per heavy atom. The van der Waals surface area contributed by atoms with Gasteiger partial charge in [-0.1, -0.05) is 36.4 Å². The van der Waals surface area contributed by atoms with Crippen LogP contribution in [0.4, 0.5) is 8.78 Å². The van der Waals surface area contributed by atoms with Gasteiger partial charge in [-0.15, -0.1) is 0 Å². The van der Waals surface area contributed by atoms with E-state index < -0.39 is 17.5 Å². The molecule has 1 heterocycles. The first-order valence-electron chi connectivity index (χ1n) is 6.96. The fraction of sp³-hybridized carbons (Fsp3) is 0.188. The summed E-state index contributed by atoms with van der Waals surface area (Å²) in [4.78, 5) is 12.0. The molecule has 0 aromatic heterocycles. The molecule has 6 heteroatoms. The number of benzene rings is 2. The molecule has 2 aromatic carbocycles. The van der Waals surface area contributed by atoms with E-state index in [1.54, 1.807) is 0 Å². The third-order valence-corrected chi connectivity index (χ3v) is 3.61. The zero-order valence-electron chi connectivity index (χ0n) is 11.6. The van der Waals surface area contributed by atoms with Gasteiger partial charge in [0.2, 0.25) is 0 Å². The minimum Gasteiger partial charge on any atom is -0.335 e. The van der Waals surface area contributed by atoms with Crippen LogP contribution in [0.3, 0.4) is 0 Å². The van der Waals surface area contributed by atoms with Crippen LogP contribution in [0, 0.1) is 11.6 Å².